The van der Waals surface area contributed by atoms with Crippen LogP contribution in [-0.4, -0.2) is 0 Å². The summed E-state index contributed by atoms with van der Waals surface area (Å²) >= 11 is 0. The van der Waals surface area contributed by atoms with Crippen molar-refractivity contribution in [2.24, 2.45) is 5.73 Å². The highest BCUT2D eigenvalue weighted by atomic mass is 19.1. The first-order chi connectivity index (χ1) is 5.52. The largest absolute Gasteiger partial charge is 0.396 e. The lowest BCUT2D eigenvalue weighted by Gasteiger charge is -2.08. The molecule has 1 aromatic rings. The normalized spacial score (nSPS) is 13.0. The SMILES string of the molecule is C[C@H](N)c1cc(N)c(F)cc1F. The van der Waals surface area contributed by atoms with E-state index >= 15 is 0 Å². The molecular weight excluding hydrogens is 162 g/mol. The van der Waals surface area contributed by atoms with E-state index in [2.05, 4.69) is 0 Å². The van der Waals surface area contributed by atoms with Crippen LogP contribution >= 0.6 is 0 Å². The van der Waals surface area contributed by atoms with Crippen LogP contribution in [0.3, 0.4) is 0 Å². The Bertz CT molecular complexity index is 297. The van der Waals surface area contributed by atoms with Crippen molar-refractivity contribution >= 4 is 5.69 Å². The molecule has 0 aliphatic heterocycles. The second-order valence-corrected chi connectivity index (χ2v) is 2.68. The maximum Gasteiger partial charge on any atom is 0.149 e. The van der Waals surface area contributed by atoms with Crippen LogP contribution in [0.2, 0.25) is 0 Å². The minimum absolute atomic E-state index is 0.0799. The highest BCUT2D eigenvalue weighted by Gasteiger charge is 2.10. The van der Waals surface area contributed by atoms with Crippen molar-refractivity contribution in [3.05, 3.63) is 29.3 Å². The molecule has 0 aromatic heterocycles. The van der Waals surface area contributed by atoms with Crippen LogP contribution in [0.1, 0.15) is 18.5 Å². The summed E-state index contributed by atoms with van der Waals surface area (Å²) < 4.78 is 25.5. The molecular formula is C8H10F2N2. The Morgan fingerprint density at radius 2 is 1.83 bits per heavy atom. The summed E-state index contributed by atoms with van der Waals surface area (Å²) in [4.78, 5) is 0. The number of hydrogen-bond acceptors (Lipinski definition) is 2. The van der Waals surface area contributed by atoms with Gasteiger partial charge in [0.25, 0.3) is 0 Å². The molecule has 0 unspecified atom stereocenters. The molecule has 12 heavy (non-hydrogen) atoms. The van der Waals surface area contributed by atoms with Crippen molar-refractivity contribution in [1.29, 1.82) is 0 Å². The highest BCUT2D eigenvalue weighted by Crippen LogP contribution is 2.20. The Labute approximate surface area is 69.2 Å². The van der Waals surface area contributed by atoms with E-state index in [9.17, 15) is 8.78 Å². The lowest BCUT2D eigenvalue weighted by molar-refractivity contribution is 0.565. The van der Waals surface area contributed by atoms with Crippen molar-refractivity contribution < 1.29 is 8.78 Å². The third-order valence-electron chi connectivity index (χ3n) is 1.61. The van der Waals surface area contributed by atoms with E-state index in [-0.39, 0.29) is 11.3 Å². The minimum atomic E-state index is -0.753. The van der Waals surface area contributed by atoms with Crippen LogP contribution in [0.15, 0.2) is 12.1 Å². The lowest BCUT2D eigenvalue weighted by atomic mass is 10.1. The second-order valence-electron chi connectivity index (χ2n) is 2.68. The van der Waals surface area contributed by atoms with Gasteiger partial charge >= 0.3 is 0 Å². The fourth-order valence-corrected chi connectivity index (χ4v) is 0.932. The fraction of sp³-hybridized carbons (Fsp3) is 0.250. The van der Waals surface area contributed by atoms with E-state index in [1.54, 1.807) is 6.92 Å². The Morgan fingerprint density at radius 3 is 2.33 bits per heavy atom. The fourth-order valence-electron chi connectivity index (χ4n) is 0.932. The zero-order valence-electron chi connectivity index (χ0n) is 6.64. The third-order valence-corrected chi connectivity index (χ3v) is 1.61. The average Bonchev–Trinajstić information content (AvgIpc) is 1.96. The molecule has 1 rings (SSSR count). The molecule has 0 fully saturated rings. The molecule has 1 aromatic carbocycles. The van der Waals surface area contributed by atoms with Crippen LogP contribution in [-0.2, 0) is 0 Å². The predicted octanol–water partition coefficient (Wildman–Crippen LogP) is 1.57. The van der Waals surface area contributed by atoms with E-state index in [0.717, 1.165) is 6.07 Å². The van der Waals surface area contributed by atoms with Crippen molar-refractivity contribution in [1.82, 2.24) is 0 Å². The van der Waals surface area contributed by atoms with Crippen LogP contribution in [0, 0.1) is 11.6 Å². The van der Waals surface area contributed by atoms with Gasteiger partial charge < -0.3 is 11.5 Å². The third kappa shape index (κ3) is 1.53. The molecule has 0 bridgehead atoms. The maximum absolute atomic E-state index is 12.9. The van der Waals surface area contributed by atoms with Gasteiger partial charge in [-0.2, -0.15) is 0 Å². The Kier molecular flexibility index (Phi) is 2.28. The first-order valence-electron chi connectivity index (χ1n) is 3.52. The van der Waals surface area contributed by atoms with E-state index in [0.29, 0.717) is 0 Å². The topological polar surface area (TPSA) is 52.0 Å². The standard InChI is InChI=1S/C8H10F2N2/c1-4(11)5-2-8(12)7(10)3-6(5)9/h2-4H,11-12H2,1H3/t4-/m0/s1. The number of nitrogen functional groups attached to an aromatic ring is 1. The molecule has 2 nitrogen and oxygen atoms in total. The van der Waals surface area contributed by atoms with Gasteiger partial charge in [0.1, 0.15) is 11.6 Å². The summed E-state index contributed by atoms with van der Waals surface area (Å²) in [6, 6.07) is 1.48. The number of hydrogen-bond donors (Lipinski definition) is 2. The quantitative estimate of drug-likeness (QED) is 0.631. The van der Waals surface area contributed by atoms with E-state index in [4.69, 9.17) is 11.5 Å². The van der Waals surface area contributed by atoms with Crippen LogP contribution < -0.4 is 11.5 Å². The van der Waals surface area contributed by atoms with Gasteiger partial charge in [0.15, 0.2) is 0 Å². The highest BCUT2D eigenvalue weighted by molar-refractivity contribution is 5.43. The molecule has 0 amide bonds. The monoisotopic (exact) mass is 172 g/mol. The summed E-state index contributed by atoms with van der Waals surface area (Å²) in [7, 11) is 0. The molecule has 1 atom stereocenters. The number of anilines is 1. The maximum atomic E-state index is 12.9. The molecule has 4 heteroatoms. The van der Waals surface area contributed by atoms with Gasteiger partial charge in [-0.25, -0.2) is 8.78 Å². The molecule has 0 heterocycles. The van der Waals surface area contributed by atoms with E-state index in [1.165, 1.54) is 6.07 Å². The van der Waals surface area contributed by atoms with Gasteiger partial charge in [-0.05, 0) is 13.0 Å². The molecule has 0 spiro atoms. The average molecular weight is 172 g/mol. The summed E-state index contributed by atoms with van der Waals surface area (Å²) in [5, 5.41) is 0. The van der Waals surface area contributed by atoms with Crippen LogP contribution in [0.5, 0.6) is 0 Å². The van der Waals surface area contributed by atoms with Gasteiger partial charge in [-0.1, -0.05) is 0 Å². The second kappa shape index (κ2) is 3.06. The summed E-state index contributed by atoms with van der Waals surface area (Å²) in [5.41, 5.74) is 10.8. The molecule has 0 aliphatic rings. The smallest absolute Gasteiger partial charge is 0.149 e. The lowest BCUT2D eigenvalue weighted by Crippen LogP contribution is -2.09. The number of benzene rings is 1. The molecule has 66 valence electrons. The first-order valence-corrected chi connectivity index (χ1v) is 3.52. The first kappa shape index (κ1) is 8.93. The number of halogens is 2. The zero-order valence-corrected chi connectivity index (χ0v) is 6.64. The van der Waals surface area contributed by atoms with E-state index in [1.807, 2.05) is 0 Å². The van der Waals surface area contributed by atoms with Gasteiger partial charge in [0.05, 0.1) is 5.69 Å². The summed E-state index contributed by atoms with van der Waals surface area (Å²) in [6.07, 6.45) is 0. The number of rotatable bonds is 1. The van der Waals surface area contributed by atoms with E-state index < -0.39 is 17.7 Å². The summed E-state index contributed by atoms with van der Waals surface area (Å²) in [5.74, 6) is -1.41. The van der Waals surface area contributed by atoms with Crippen LogP contribution in [0.25, 0.3) is 0 Å². The molecule has 0 aliphatic carbocycles. The molecule has 0 saturated heterocycles. The van der Waals surface area contributed by atoms with Crippen molar-refractivity contribution in [2.45, 2.75) is 13.0 Å². The van der Waals surface area contributed by atoms with Gasteiger partial charge in [-0.3, -0.25) is 0 Å². The Morgan fingerprint density at radius 1 is 1.25 bits per heavy atom. The summed E-state index contributed by atoms with van der Waals surface area (Å²) in [6.45, 7) is 1.61. The number of nitrogens with two attached hydrogens (primary N) is 2. The van der Waals surface area contributed by atoms with Crippen molar-refractivity contribution in [3.8, 4) is 0 Å². The van der Waals surface area contributed by atoms with Gasteiger partial charge in [0, 0.05) is 17.7 Å². The van der Waals surface area contributed by atoms with Crippen LogP contribution in [0.4, 0.5) is 14.5 Å². The Hall–Kier alpha value is -1.16. The molecule has 0 saturated carbocycles. The molecule has 4 N–H and O–H groups in total. The van der Waals surface area contributed by atoms with Crippen molar-refractivity contribution in [3.63, 3.8) is 0 Å². The van der Waals surface area contributed by atoms with Gasteiger partial charge in [-0.15, -0.1) is 0 Å². The van der Waals surface area contributed by atoms with Gasteiger partial charge in [0.2, 0.25) is 0 Å². The minimum Gasteiger partial charge on any atom is -0.396 e. The predicted molar refractivity (Wildman–Crippen MR) is 43.4 cm³/mol. The zero-order chi connectivity index (χ0) is 9.30. The Balaban J connectivity index is 3.23. The van der Waals surface area contributed by atoms with Crippen molar-refractivity contribution in [2.75, 3.05) is 5.73 Å². The molecule has 0 radical (unpaired) electrons.